The van der Waals surface area contributed by atoms with Gasteiger partial charge in [0.2, 0.25) is 0 Å². The summed E-state index contributed by atoms with van der Waals surface area (Å²) in [5.74, 6) is 0.854. The van der Waals surface area contributed by atoms with Crippen LogP contribution in [-0.4, -0.2) is 12.6 Å². The van der Waals surface area contributed by atoms with E-state index in [0.717, 1.165) is 5.76 Å². The summed E-state index contributed by atoms with van der Waals surface area (Å²) in [5.41, 5.74) is 5.46. The molecule has 0 aromatic heterocycles. The summed E-state index contributed by atoms with van der Waals surface area (Å²) in [5, 5.41) is 0. The molecule has 10 heavy (non-hydrogen) atoms. The Morgan fingerprint density at radius 2 is 2.40 bits per heavy atom. The van der Waals surface area contributed by atoms with Crippen molar-refractivity contribution < 1.29 is 4.74 Å². The topological polar surface area (TPSA) is 35.2 Å². The highest BCUT2D eigenvalue weighted by molar-refractivity contribution is 5.01. The number of allylic oxidation sites excluding steroid dienone is 3. The van der Waals surface area contributed by atoms with Gasteiger partial charge in [-0.2, -0.15) is 0 Å². The second-order valence-electron chi connectivity index (χ2n) is 2.30. The van der Waals surface area contributed by atoms with Crippen molar-refractivity contribution in [3.63, 3.8) is 0 Å². The molecule has 0 aliphatic carbocycles. The maximum absolute atomic E-state index is 5.46. The van der Waals surface area contributed by atoms with Crippen LogP contribution in [0.5, 0.6) is 0 Å². The lowest BCUT2D eigenvalue weighted by Gasteiger charge is -2.07. The van der Waals surface area contributed by atoms with Gasteiger partial charge in [0.25, 0.3) is 0 Å². The average molecular weight is 141 g/mol. The van der Waals surface area contributed by atoms with Gasteiger partial charge in [0.1, 0.15) is 6.61 Å². The molecule has 0 saturated carbocycles. The molecule has 0 heterocycles. The molecule has 0 amide bonds. The molecule has 0 bridgehead atoms. The fraction of sp³-hybridized carbons (Fsp3) is 0.500. The van der Waals surface area contributed by atoms with E-state index in [1.54, 1.807) is 6.08 Å². The van der Waals surface area contributed by atoms with Crippen LogP contribution in [0.1, 0.15) is 13.8 Å². The number of nitrogens with two attached hydrogens (primary N) is 1. The molecule has 2 nitrogen and oxygen atoms in total. The van der Waals surface area contributed by atoms with Crippen LogP contribution >= 0.6 is 0 Å². The first kappa shape index (κ1) is 9.24. The van der Waals surface area contributed by atoms with E-state index in [1.807, 2.05) is 19.9 Å². The fourth-order valence-electron chi connectivity index (χ4n) is 0.477. The Balaban J connectivity index is 3.48. The molecule has 0 unspecified atom stereocenters. The van der Waals surface area contributed by atoms with Crippen molar-refractivity contribution in [2.24, 2.45) is 5.73 Å². The van der Waals surface area contributed by atoms with Gasteiger partial charge in [0.05, 0.1) is 5.76 Å². The van der Waals surface area contributed by atoms with Crippen LogP contribution in [0.2, 0.25) is 0 Å². The van der Waals surface area contributed by atoms with Gasteiger partial charge < -0.3 is 10.5 Å². The van der Waals surface area contributed by atoms with E-state index in [4.69, 9.17) is 10.5 Å². The van der Waals surface area contributed by atoms with Crippen molar-refractivity contribution in [1.82, 2.24) is 0 Å². The summed E-state index contributed by atoms with van der Waals surface area (Å²) in [6.07, 6.45) is 3.50. The third kappa shape index (κ3) is 5.38. The molecule has 0 aromatic carbocycles. The van der Waals surface area contributed by atoms with Crippen molar-refractivity contribution in [2.75, 3.05) is 6.61 Å². The Morgan fingerprint density at radius 3 is 2.80 bits per heavy atom. The highest BCUT2D eigenvalue weighted by atomic mass is 16.5. The highest BCUT2D eigenvalue weighted by Gasteiger charge is 1.92. The zero-order valence-electron chi connectivity index (χ0n) is 6.63. The Morgan fingerprint density at radius 1 is 1.80 bits per heavy atom. The second kappa shape index (κ2) is 5.06. The minimum Gasteiger partial charge on any atom is -0.497 e. The number of hydrogen-bond acceptors (Lipinski definition) is 2. The predicted molar refractivity (Wildman–Crippen MR) is 43.6 cm³/mol. The first-order valence-corrected chi connectivity index (χ1v) is 3.34. The molecule has 0 fully saturated rings. The highest BCUT2D eigenvalue weighted by Crippen LogP contribution is 1.95. The molecule has 2 N–H and O–H groups in total. The third-order valence-electron chi connectivity index (χ3n) is 0.926. The SMILES string of the molecule is C=C/C=C(\C)OC[C@H](C)N. The summed E-state index contributed by atoms with van der Waals surface area (Å²) >= 11 is 0. The standard InChI is InChI=1S/C8H15NO/c1-4-5-8(3)10-6-7(2)9/h4-5,7H,1,6,9H2,2-3H3/b8-5+/t7-/m0/s1. The normalized spacial score (nSPS) is 14.5. The second-order valence-corrected chi connectivity index (χ2v) is 2.30. The van der Waals surface area contributed by atoms with Crippen molar-refractivity contribution in [3.05, 3.63) is 24.5 Å². The number of rotatable bonds is 4. The Bertz CT molecular complexity index is 127. The van der Waals surface area contributed by atoms with Gasteiger partial charge >= 0.3 is 0 Å². The van der Waals surface area contributed by atoms with E-state index in [-0.39, 0.29) is 6.04 Å². The van der Waals surface area contributed by atoms with E-state index in [1.165, 1.54) is 0 Å². The first-order chi connectivity index (χ1) is 4.66. The molecule has 0 saturated heterocycles. The summed E-state index contributed by atoms with van der Waals surface area (Å²) in [4.78, 5) is 0. The molecule has 1 atom stereocenters. The van der Waals surface area contributed by atoms with Gasteiger partial charge in [-0.05, 0) is 19.9 Å². The summed E-state index contributed by atoms with van der Waals surface area (Å²) in [6, 6.07) is 0.0909. The summed E-state index contributed by atoms with van der Waals surface area (Å²) < 4.78 is 5.21. The van der Waals surface area contributed by atoms with Crippen LogP contribution in [0.4, 0.5) is 0 Å². The average Bonchev–Trinajstić information content (AvgIpc) is 1.85. The fourth-order valence-corrected chi connectivity index (χ4v) is 0.477. The molecule has 0 rings (SSSR count). The quantitative estimate of drug-likeness (QED) is 0.475. The number of ether oxygens (including phenoxy) is 1. The van der Waals surface area contributed by atoms with E-state index in [9.17, 15) is 0 Å². The maximum Gasteiger partial charge on any atom is 0.102 e. The van der Waals surface area contributed by atoms with E-state index in [0.29, 0.717) is 6.61 Å². The Labute approximate surface area is 62.4 Å². The molecule has 0 radical (unpaired) electrons. The minimum atomic E-state index is 0.0909. The van der Waals surface area contributed by atoms with E-state index >= 15 is 0 Å². The van der Waals surface area contributed by atoms with Gasteiger partial charge in [-0.15, -0.1) is 0 Å². The third-order valence-corrected chi connectivity index (χ3v) is 0.926. The summed E-state index contributed by atoms with van der Waals surface area (Å²) in [7, 11) is 0. The van der Waals surface area contributed by atoms with Crippen LogP contribution < -0.4 is 5.73 Å². The monoisotopic (exact) mass is 141 g/mol. The van der Waals surface area contributed by atoms with Crippen LogP contribution in [0, 0.1) is 0 Å². The Kier molecular flexibility index (Phi) is 4.67. The van der Waals surface area contributed by atoms with Gasteiger partial charge in [-0.3, -0.25) is 0 Å². The molecule has 58 valence electrons. The number of hydrogen-bond donors (Lipinski definition) is 1. The van der Waals surface area contributed by atoms with Gasteiger partial charge in [-0.1, -0.05) is 12.7 Å². The minimum absolute atomic E-state index is 0.0909. The lowest BCUT2D eigenvalue weighted by Crippen LogP contribution is -2.21. The molecular weight excluding hydrogens is 126 g/mol. The molecule has 0 spiro atoms. The lowest BCUT2D eigenvalue weighted by molar-refractivity contribution is 0.200. The van der Waals surface area contributed by atoms with Crippen LogP contribution in [0.25, 0.3) is 0 Å². The Hall–Kier alpha value is -0.760. The molecular formula is C8H15NO. The largest absolute Gasteiger partial charge is 0.497 e. The van der Waals surface area contributed by atoms with Gasteiger partial charge in [-0.25, -0.2) is 0 Å². The van der Waals surface area contributed by atoms with Crippen LogP contribution in [0.3, 0.4) is 0 Å². The molecule has 0 aromatic rings. The molecule has 0 aliphatic heterocycles. The summed E-state index contributed by atoms with van der Waals surface area (Å²) in [6.45, 7) is 7.89. The zero-order valence-corrected chi connectivity index (χ0v) is 6.63. The zero-order chi connectivity index (χ0) is 7.98. The van der Waals surface area contributed by atoms with Crippen molar-refractivity contribution in [1.29, 1.82) is 0 Å². The van der Waals surface area contributed by atoms with Crippen molar-refractivity contribution in [3.8, 4) is 0 Å². The molecule has 2 heteroatoms. The predicted octanol–water partition coefficient (Wildman–Crippen LogP) is 1.44. The smallest absolute Gasteiger partial charge is 0.102 e. The van der Waals surface area contributed by atoms with Gasteiger partial charge in [0, 0.05) is 6.04 Å². The van der Waals surface area contributed by atoms with Crippen molar-refractivity contribution >= 4 is 0 Å². The van der Waals surface area contributed by atoms with Gasteiger partial charge in [0.15, 0.2) is 0 Å². The van der Waals surface area contributed by atoms with E-state index < -0.39 is 0 Å². The molecule has 0 aliphatic rings. The van der Waals surface area contributed by atoms with Crippen molar-refractivity contribution in [2.45, 2.75) is 19.9 Å². The van der Waals surface area contributed by atoms with Crippen LogP contribution in [0.15, 0.2) is 24.5 Å². The van der Waals surface area contributed by atoms with Crippen LogP contribution in [-0.2, 0) is 4.74 Å². The maximum atomic E-state index is 5.46. The van der Waals surface area contributed by atoms with E-state index in [2.05, 4.69) is 6.58 Å². The first-order valence-electron chi connectivity index (χ1n) is 3.34. The lowest BCUT2D eigenvalue weighted by atomic mass is 10.4.